The molecule has 2 aliphatic heterocycles. The van der Waals surface area contributed by atoms with Crippen LogP contribution in [0.4, 0.5) is 13.2 Å². The Hall–Kier alpha value is -1.79. The van der Waals surface area contributed by atoms with Gasteiger partial charge in [-0.2, -0.15) is 17.9 Å². The first-order valence-corrected chi connectivity index (χ1v) is 6.63. The molecule has 2 heterocycles. The van der Waals surface area contributed by atoms with Gasteiger partial charge < -0.3 is 9.52 Å². The zero-order valence-electron chi connectivity index (χ0n) is 10.7. The van der Waals surface area contributed by atoms with Gasteiger partial charge in [-0.15, -0.1) is 6.20 Å². The Morgan fingerprint density at radius 3 is 2.70 bits per heavy atom. The van der Waals surface area contributed by atoms with E-state index in [2.05, 4.69) is 10.1 Å². The maximum absolute atomic E-state index is 12.9. The number of oxazole rings is 1. The minimum absolute atomic E-state index is 0.0253. The summed E-state index contributed by atoms with van der Waals surface area (Å²) in [5.74, 6) is -1.14. The molecule has 0 unspecified atom stereocenters. The van der Waals surface area contributed by atoms with Gasteiger partial charge in [-0.3, -0.25) is 0 Å². The van der Waals surface area contributed by atoms with Crippen molar-refractivity contribution in [1.82, 2.24) is 5.10 Å². The molecule has 4 nitrogen and oxygen atoms in total. The minimum atomic E-state index is -4.59. The molecule has 1 saturated carbocycles. The first kappa shape index (κ1) is 13.2. The molecule has 0 radical (unpaired) electrons. The minimum Gasteiger partial charge on any atom is -0.409 e. The van der Waals surface area contributed by atoms with Crippen molar-refractivity contribution in [2.45, 2.75) is 44.3 Å². The van der Waals surface area contributed by atoms with Gasteiger partial charge in [0, 0.05) is 6.07 Å². The standard InChI is InChI=1S/C13H14F3N3O/c14-13(15,16)12-19-10(7-4-8-17-19)11(20-12)18-9-5-2-1-3-6-9/h4,7-9H,1-3,5-6H2. The highest BCUT2D eigenvalue weighted by Crippen LogP contribution is 2.27. The fourth-order valence-corrected chi connectivity index (χ4v) is 2.53. The second-order valence-electron chi connectivity index (χ2n) is 4.95. The van der Waals surface area contributed by atoms with Crippen molar-refractivity contribution >= 4 is 0 Å². The molecule has 0 saturated heterocycles. The number of halogens is 3. The van der Waals surface area contributed by atoms with Crippen LogP contribution in [0.5, 0.6) is 0 Å². The second kappa shape index (κ2) is 4.96. The third-order valence-electron chi connectivity index (χ3n) is 3.47. The van der Waals surface area contributed by atoms with E-state index < -0.39 is 12.1 Å². The molecule has 0 atom stereocenters. The summed E-state index contributed by atoms with van der Waals surface area (Å²) in [5, 5.41) is 3.70. The number of hydrogen-bond acceptors (Lipinski definition) is 2. The lowest BCUT2D eigenvalue weighted by atomic mass is 9.96. The highest BCUT2D eigenvalue weighted by Gasteiger charge is 2.47. The number of hydrogen-bond donors (Lipinski definition) is 0. The third kappa shape index (κ3) is 2.44. The number of nitrogens with zero attached hydrogens (tertiary/aromatic N) is 3. The molecule has 0 aromatic rings. The van der Waals surface area contributed by atoms with Crippen molar-refractivity contribution in [3.8, 4) is 5.69 Å². The summed E-state index contributed by atoms with van der Waals surface area (Å²) in [5.41, 5.74) is 0.280. The average Bonchev–Trinajstić information content (AvgIpc) is 2.79. The summed E-state index contributed by atoms with van der Waals surface area (Å²) in [7, 11) is 0. The van der Waals surface area contributed by atoms with Crippen LogP contribution in [-0.2, 0) is 6.18 Å². The lowest BCUT2D eigenvalue weighted by Crippen LogP contribution is -2.43. The maximum Gasteiger partial charge on any atom is 0.517 e. The molecule has 1 aliphatic carbocycles. The van der Waals surface area contributed by atoms with Gasteiger partial charge in [0.25, 0.3) is 11.2 Å². The van der Waals surface area contributed by atoms with Crippen LogP contribution in [0.25, 0.3) is 5.69 Å². The molecule has 0 spiro atoms. The zero-order chi connectivity index (χ0) is 14.2. The third-order valence-corrected chi connectivity index (χ3v) is 3.47. The molecule has 1 fully saturated rings. The normalized spacial score (nSPS) is 18.9. The molecule has 108 valence electrons. The van der Waals surface area contributed by atoms with Crippen molar-refractivity contribution < 1.29 is 22.3 Å². The van der Waals surface area contributed by atoms with E-state index in [9.17, 15) is 13.2 Å². The number of rotatable bonds is 1. The van der Waals surface area contributed by atoms with Crippen LogP contribution in [0.1, 0.15) is 38.0 Å². The Morgan fingerprint density at radius 1 is 1.25 bits per heavy atom. The van der Waals surface area contributed by atoms with Crippen LogP contribution in [0.2, 0.25) is 0 Å². The number of alkyl halides is 3. The van der Waals surface area contributed by atoms with E-state index in [0.29, 0.717) is 0 Å². The van der Waals surface area contributed by atoms with Crippen molar-refractivity contribution in [2.75, 3.05) is 0 Å². The van der Waals surface area contributed by atoms with E-state index >= 15 is 0 Å². The van der Waals surface area contributed by atoms with Gasteiger partial charge in [-0.05, 0) is 12.8 Å². The zero-order valence-corrected chi connectivity index (χ0v) is 10.7. The Bertz CT molecular complexity index is 623. The van der Waals surface area contributed by atoms with Gasteiger partial charge in [-0.1, -0.05) is 25.3 Å². The van der Waals surface area contributed by atoms with Gasteiger partial charge in [0.05, 0.1) is 6.04 Å². The Kier molecular flexibility index (Phi) is 3.27. The fraction of sp³-hybridized carbons (Fsp3) is 0.538. The Morgan fingerprint density at radius 2 is 2.00 bits per heavy atom. The average molecular weight is 285 g/mol. The predicted molar refractivity (Wildman–Crippen MR) is 62.2 cm³/mol. The molecular weight excluding hydrogens is 271 g/mol. The van der Waals surface area contributed by atoms with Crippen molar-refractivity contribution in [3.05, 3.63) is 29.8 Å². The quantitative estimate of drug-likeness (QED) is 0.754. The Balaban J connectivity index is 2.09. The summed E-state index contributed by atoms with van der Waals surface area (Å²) >= 11 is 0. The van der Waals surface area contributed by atoms with Gasteiger partial charge in [0.2, 0.25) is 0 Å². The van der Waals surface area contributed by atoms with E-state index in [1.165, 1.54) is 12.3 Å². The number of aromatic nitrogens is 2. The first-order valence-electron chi connectivity index (χ1n) is 6.63. The molecule has 20 heavy (non-hydrogen) atoms. The van der Waals surface area contributed by atoms with Gasteiger partial charge in [-0.25, -0.2) is 4.99 Å². The molecule has 0 amide bonds. The summed E-state index contributed by atoms with van der Waals surface area (Å²) in [6.07, 6.45) is 1.78. The van der Waals surface area contributed by atoms with Gasteiger partial charge >= 0.3 is 12.1 Å². The highest BCUT2D eigenvalue weighted by molar-refractivity contribution is 5.15. The SMILES string of the molecule is FC(F)(F)c1oc(=NC2CCCCC2)c2ccc[n-][n+]1-2. The summed E-state index contributed by atoms with van der Waals surface area (Å²) in [4.78, 5) is 4.35. The van der Waals surface area contributed by atoms with E-state index in [4.69, 9.17) is 4.42 Å². The van der Waals surface area contributed by atoms with Gasteiger partial charge in [0.15, 0.2) is 0 Å². The molecule has 3 aliphatic rings. The highest BCUT2D eigenvalue weighted by atomic mass is 19.4. The molecule has 0 aromatic heterocycles. The number of fused-ring (bicyclic) bond motifs is 1. The molecule has 3 rings (SSSR count). The van der Waals surface area contributed by atoms with Crippen molar-refractivity contribution in [1.29, 1.82) is 0 Å². The summed E-state index contributed by atoms with van der Waals surface area (Å²) in [6.45, 7) is 0. The molecule has 7 heteroatoms. The van der Waals surface area contributed by atoms with Crippen molar-refractivity contribution in [2.24, 2.45) is 4.99 Å². The van der Waals surface area contributed by atoms with E-state index in [1.807, 2.05) is 0 Å². The smallest absolute Gasteiger partial charge is 0.409 e. The first-order chi connectivity index (χ1) is 9.55. The van der Waals surface area contributed by atoms with Crippen LogP contribution in [0.3, 0.4) is 0 Å². The molecule has 0 bridgehead atoms. The largest absolute Gasteiger partial charge is 0.517 e. The Labute approximate surface area is 113 Å². The second-order valence-corrected chi connectivity index (χ2v) is 4.95. The maximum atomic E-state index is 12.9. The van der Waals surface area contributed by atoms with Gasteiger partial charge in [0.1, 0.15) is 0 Å². The van der Waals surface area contributed by atoms with Crippen LogP contribution >= 0.6 is 0 Å². The molecular formula is C13H14F3N3O. The summed E-state index contributed by atoms with van der Waals surface area (Å²) < 4.78 is 44.4. The monoisotopic (exact) mass is 285 g/mol. The van der Waals surface area contributed by atoms with Crippen molar-refractivity contribution in [3.63, 3.8) is 0 Å². The summed E-state index contributed by atoms with van der Waals surface area (Å²) in [6, 6.07) is 3.15. The van der Waals surface area contributed by atoms with Crippen LogP contribution in [-0.4, -0.2) is 6.04 Å². The lowest BCUT2D eigenvalue weighted by molar-refractivity contribution is -0.689. The topological polar surface area (TPSA) is 43.5 Å². The van der Waals surface area contributed by atoms with Crippen LogP contribution < -0.4 is 15.3 Å². The predicted octanol–water partition coefficient (Wildman–Crippen LogP) is 2.20. The molecule has 0 aromatic carbocycles. The lowest BCUT2D eigenvalue weighted by Gasteiger charge is -2.16. The van der Waals surface area contributed by atoms with E-state index in [0.717, 1.165) is 36.8 Å². The van der Waals surface area contributed by atoms with Crippen LogP contribution in [0, 0.1) is 0 Å². The van der Waals surface area contributed by atoms with E-state index in [-0.39, 0.29) is 17.3 Å². The fourth-order valence-electron chi connectivity index (χ4n) is 2.53. The van der Waals surface area contributed by atoms with E-state index in [1.54, 1.807) is 6.07 Å². The van der Waals surface area contributed by atoms with Crippen LogP contribution in [0.15, 0.2) is 27.7 Å². The molecule has 0 N–H and O–H groups in total.